The van der Waals surface area contributed by atoms with Crippen molar-refractivity contribution in [2.45, 2.75) is 12.8 Å². The van der Waals surface area contributed by atoms with E-state index in [1.807, 2.05) is 12.1 Å². The maximum Gasteiger partial charge on any atom is 0.363 e. The normalized spacial score (nSPS) is 13.8. The Bertz CT molecular complexity index is 1000. The number of halogens is 1. The highest BCUT2D eigenvalue weighted by molar-refractivity contribution is 7.13. The number of rotatable bonds is 4. The standard InChI is InChI=1S/C20H15ClN2O3S/c21-14-4-1-3-13(11-14)19-22-17(12-27-19)20(25)26-16-8-6-15(7-9-16)23-10-2-5-18(23)24/h1,3-4,6-9,11-12H,2,5,10H2. The molecule has 0 N–H and O–H groups in total. The number of hydrogen-bond donors (Lipinski definition) is 0. The Hall–Kier alpha value is -2.70. The van der Waals surface area contributed by atoms with Gasteiger partial charge in [0.05, 0.1) is 0 Å². The molecule has 0 atom stereocenters. The first-order valence-corrected chi connectivity index (χ1v) is 9.70. The fraction of sp³-hybridized carbons (Fsp3) is 0.150. The molecule has 1 saturated heterocycles. The molecule has 5 nitrogen and oxygen atoms in total. The molecule has 2 aromatic carbocycles. The van der Waals surface area contributed by atoms with Crippen molar-refractivity contribution in [2.75, 3.05) is 11.4 Å². The van der Waals surface area contributed by atoms with Gasteiger partial charge in [0.2, 0.25) is 5.91 Å². The van der Waals surface area contributed by atoms with Gasteiger partial charge in [-0.05, 0) is 42.8 Å². The maximum absolute atomic E-state index is 12.4. The number of esters is 1. The third-order valence-electron chi connectivity index (χ3n) is 4.22. The average molecular weight is 399 g/mol. The Kier molecular flexibility index (Phi) is 4.92. The predicted octanol–water partition coefficient (Wildman–Crippen LogP) is 4.81. The molecule has 1 aromatic heterocycles. The van der Waals surface area contributed by atoms with Crippen LogP contribution in [0.25, 0.3) is 10.6 Å². The summed E-state index contributed by atoms with van der Waals surface area (Å²) in [6, 6.07) is 14.2. The van der Waals surface area contributed by atoms with Gasteiger partial charge in [0.15, 0.2) is 5.69 Å². The third-order valence-corrected chi connectivity index (χ3v) is 5.34. The van der Waals surface area contributed by atoms with Crippen molar-refractivity contribution in [2.24, 2.45) is 0 Å². The zero-order valence-electron chi connectivity index (χ0n) is 14.2. The van der Waals surface area contributed by atoms with Crippen LogP contribution in [0.15, 0.2) is 53.9 Å². The summed E-state index contributed by atoms with van der Waals surface area (Å²) in [5, 5.41) is 2.98. The number of aromatic nitrogens is 1. The second-order valence-corrected chi connectivity index (χ2v) is 7.38. The lowest BCUT2D eigenvalue weighted by Crippen LogP contribution is -2.23. The van der Waals surface area contributed by atoms with E-state index in [0.717, 1.165) is 24.2 Å². The van der Waals surface area contributed by atoms with Gasteiger partial charge in [-0.3, -0.25) is 4.79 Å². The highest BCUT2D eigenvalue weighted by Crippen LogP contribution is 2.27. The van der Waals surface area contributed by atoms with Gasteiger partial charge in [0.25, 0.3) is 0 Å². The molecule has 0 saturated carbocycles. The molecule has 4 rings (SSSR count). The highest BCUT2D eigenvalue weighted by atomic mass is 35.5. The molecule has 3 aromatic rings. The molecule has 2 heterocycles. The number of amides is 1. The lowest BCUT2D eigenvalue weighted by molar-refractivity contribution is -0.117. The minimum Gasteiger partial charge on any atom is -0.422 e. The van der Waals surface area contributed by atoms with Gasteiger partial charge in [-0.1, -0.05) is 23.7 Å². The number of benzene rings is 2. The van der Waals surface area contributed by atoms with Crippen molar-refractivity contribution in [3.63, 3.8) is 0 Å². The first-order valence-electron chi connectivity index (χ1n) is 8.44. The summed E-state index contributed by atoms with van der Waals surface area (Å²) < 4.78 is 5.39. The zero-order chi connectivity index (χ0) is 18.8. The Morgan fingerprint density at radius 2 is 2.00 bits per heavy atom. The Morgan fingerprint density at radius 1 is 1.19 bits per heavy atom. The van der Waals surface area contributed by atoms with Crippen LogP contribution in [0.4, 0.5) is 5.69 Å². The van der Waals surface area contributed by atoms with Crippen LogP contribution in [0.3, 0.4) is 0 Å². The molecule has 1 fully saturated rings. The van der Waals surface area contributed by atoms with Crippen LogP contribution in [0.5, 0.6) is 5.75 Å². The molecule has 1 aliphatic heterocycles. The first-order chi connectivity index (χ1) is 13.1. The maximum atomic E-state index is 12.4. The quantitative estimate of drug-likeness (QED) is 0.467. The Labute approximate surface area is 165 Å². The smallest absolute Gasteiger partial charge is 0.363 e. The van der Waals surface area contributed by atoms with Gasteiger partial charge in [0, 0.05) is 34.6 Å². The van der Waals surface area contributed by atoms with Gasteiger partial charge in [-0.2, -0.15) is 0 Å². The lowest BCUT2D eigenvalue weighted by atomic mass is 10.2. The van der Waals surface area contributed by atoms with Gasteiger partial charge in [-0.25, -0.2) is 9.78 Å². The molecule has 27 heavy (non-hydrogen) atoms. The lowest BCUT2D eigenvalue weighted by Gasteiger charge is -2.15. The second kappa shape index (κ2) is 7.50. The molecule has 0 aliphatic carbocycles. The number of hydrogen-bond acceptors (Lipinski definition) is 5. The molecule has 7 heteroatoms. The fourth-order valence-corrected chi connectivity index (χ4v) is 3.87. The fourth-order valence-electron chi connectivity index (χ4n) is 2.90. The number of ether oxygens (including phenoxy) is 1. The first kappa shape index (κ1) is 17.7. The van der Waals surface area contributed by atoms with E-state index in [1.54, 1.807) is 46.7 Å². The van der Waals surface area contributed by atoms with Crippen molar-refractivity contribution < 1.29 is 14.3 Å². The zero-order valence-corrected chi connectivity index (χ0v) is 15.8. The summed E-state index contributed by atoms with van der Waals surface area (Å²) in [6.45, 7) is 0.725. The third kappa shape index (κ3) is 3.86. The minimum atomic E-state index is -0.524. The van der Waals surface area contributed by atoms with Gasteiger partial charge < -0.3 is 9.64 Å². The highest BCUT2D eigenvalue weighted by Gasteiger charge is 2.21. The number of thiazole rings is 1. The van der Waals surface area contributed by atoms with E-state index in [2.05, 4.69) is 4.98 Å². The summed E-state index contributed by atoms with van der Waals surface area (Å²) in [6.07, 6.45) is 1.45. The average Bonchev–Trinajstić information content (AvgIpc) is 3.32. The summed E-state index contributed by atoms with van der Waals surface area (Å²) in [5.74, 6) is 0.00740. The van der Waals surface area contributed by atoms with E-state index in [0.29, 0.717) is 22.2 Å². The van der Waals surface area contributed by atoms with Gasteiger partial charge in [-0.15, -0.1) is 11.3 Å². The molecule has 136 valence electrons. The molecule has 1 aliphatic rings. The van der Waals surface area contributed by atoms with Crippen LogP contribution in [-0.2, 0) is 4.79 Å². The van der Waals surface area contributed by atoms with Crippen LogP contribution in [0, 0.1) is 0 Å². The van der Waals surface area contributed by atoms with Crippen molar-refractivity contribution in [3.05, 3.63) is 64.6 Å². The number of nitrogens with zero attached hydrogens (tertiary/aromatic N) is 2. The molecule has 0 spiro atoms. The molecule has 0 bridgehead atoms. The molecule has 0 radical (unpaired) electrons. The van der Waals surface area contributed by atoms with Crippen LogP contribution in [-0.4, -0.2) is 23.4 Å². The SMILES string of the molecule is O=C(Oc1ccc(N2CCCC2=O)cc1)c1csc(-c2cccc(Cl)c2)n1. The number of carbonyl (C=O) groups excluding carboxylic acids is 2. The Balaban J connectivity index is 1.45. The number of anilines is 1. The summed E-state index contributed by atoms with van der Waals surface area (Å²) in [4.78, 5) is 30.2. The molecule has 0 unspecified atom stereocenters. The molecular weight excluding hydrogens is 384 g/mol. The largest absolute Gasteiger partial charge is 0.422 e. The van der Waals surface area contributed by atoms with Crippen LogP contribution >= 0.6 is 22.9 Å². The predicted molar refractivity (Wildman–Crippen MR) is 106 cm³/mol. The topological polar surface area (TPSA) is 59.5 Å². The molecule has 1 amide bonds. The monoisotopic (exact) mass is 398 g/mol. The van der Waals surface area contributed by atoms with Crippen molar-refractivity contribution >= 4 is 40.5 Å². The Morgan fingerprint density at radius 3 is 2.70 bits per heavy atom. The van der Waals surface area contributed by atoms with E-state index in [4.69, 9.17) is 16.3 Å². The second-order valence-electron chi connectivity index (χ2n) is 6.08. The van der Waals surface area contributed by atoms with Crippen molar-refractivity contribution in [1.29, 1.82) is 0 Å². The van der Waals surface area contributed by atoms with E-state index in [1.165, 1.54) is 11.3 Å². The van der Waals surface area contributed by atoms with Crippen LogP contribution in [0.1, 0.15) is 23.3 Å². The van der Waals surface area contributed by atoms with Gasteiger partial charge >= 0.3 is 5.97 Å². The van der Waals surface area contributed by atoms with Crippen LogP contribution in [0.2, 0.25) is 5.02 Å². The van der Waals surface area contributed by atoms with E-state index >= 15 is 0 Å². The number of carbonyl (C=O) groups is 2. The van der Waals surface area contributed by atoms with Gasteiger partial charge in [0.1, 0.15) is 10.8 Å². The minimum absolute atomic E-state index is 0.121. The summed E-state index contributed by atoms with van der Waals surface area (Å²) in [7, 11) is 0. The van der Waals surface area contributed by atoms with E-state index in [9.17, 15) is 9.59 Å². The summed E-state index contributed by atoms with van der Waals surface area (Å²) in [5.41, 5.74) is 1.91. The van der Waals surface area contributed by atoms with Crippen LogP contribution < -0.4 is 9.64 Å². The van der Waals surface area contributed by atoms with Crippen molar-refractivity contribution in [1.82, 2.24) is 4.98 Å². The summed E-state index contributed by atoms with van der Waals surface area (Å²) >= 11 is 7.36. The molecular formula is C20H15ClN2O3S. The van der Waals surface area contributed by atoms with E-state index in [-0.39, 0.29) is 11.6 Å². The van der Waals surface area contributed by atoms with Crippen molar-refractivity contribution in [3.8, 4) is 16.3 Å². The van der Waals surface area contributed by atoms with E-state index < -0.39 is 5.97 Å².